The molecule has 1 amide bonds. The highest BCUT2D eigenvalue weighted by Crippen LogP contribution is 2.19. The summed E-state index contributed by atoms with van der Waals surface area (Å²) >= 11 is 3.40. The maximum absolute atomic E-state index is 12.1. The van der Waals surface area contributed by atoms with E-state index >= 15 is 0 Å². The van der Waals surface area contributed by atoms with Crippen LogP contribution in [0.1, 0.15) is 38.1 Å². The predicted octanol–water partition coefficient (Wildman–Crippen LogP) is 3.88. The molecule has 0 aromatic heterocycles. The van der Waals surface area contributed by atoms with E-state index < -0.39 is 0 Å². The van der Waals surface area contributed by atoms with E-state index in [9.17, 15) is 9.59 Å². The van der Waals surface area contributed by atoms with Crippen LogP contribution in [0.15, 0.2) is 24.3 Å². The van der Waals surface area contributed by atoms with Crippen LogP contribution in [0.3, 0.4) is 0 Å². The quantitative estimate of drug-likeness (QED) is 0.659. The molecule has 0 fully saturated rings. The minimum absolute atomic E-state index is 0.0281. The Bertz CT molecular complexity index is 452. The normalized spacial score (nSPS) is 12.6. The minimum Gasteiger partial charge on any atom is -0.326 e. The Labute approximate surface area is 122 Å². The highest BCUT2D eigenvalue weighted by molar-refractivity contribution is 9.10. The molecule has 0 aliphatic rings. The van der Waals surface area contributed by atoms with Crippen molar-refractivity contribution in [3.8, 4) is 0 Å². The van der Waals surface area contributed by atoms with Crippen LogP contribution in [-0.2, 0) is 4.79 Å². The highest BCUT2D eigenvalue weighted by atomic mass is 79.9. The molecule has 1 aromatic carbocycles. The zero-order valence-electron chi connectivity index (χ0n) is 11.7. The van der Waals surface area contributed by atoms with Gasteiger partial charge in [0.25, 0.3) is 0 Å². The molecule has 104 valence electrons. The molecule has 19 heavy (non-hydrogen) atoms. The van der Waals surface area contributed by atoms with Crippen LogP contribution in [0, 0.1) is 11.8 Å². The molecule has 3 nitrogen and oxygen atoms in total. The van der Waals surface area contributed by atoms with Crippen molar-refractivity contribution in [2.75, 3.05) is 5.32 Å². The van der Waals surface area contributed by atoms with E-state index in [2.05, 4.69) is 21.2 Å². The summed E-state index contributed by atoms with van der Waals surface area (Å²) < 4.78 is 0. The lowest BCUT2D eigenvalue weighted by Crippen LogP contribution is -2.20. The lowest BCUT2D eigenvalue weighted by Gasteiger charge is -2.13. The Morgan fingerprint density at radius 2 is 1.58 bits per heavy atom. The van der Waals surface area contributed by atoms with Crippen LogP contribution in [0.2, 0.25) is 0 Å². The molecule has 1 aromatic rings. The molecule has 1 rings (SSSR count). The van der Waals surface area contributed by atoms with Gasteiger partial charge in [-0.3, -0.25) is 9.59 Å². The van der Waals surface area contributed by atoms with Crippen molar-refractivity contribution in [3.63, 3.8) is 0 Å². The number of halogens is 1. The number of ketones is 1. The second-order valence-electron chi connectivity index (χ2n) is 5.23. The van der Waals surface area contributed by atoms with Crippen molar-refractivity contribution in [2.24, 2.45) is 11.8 Å². The Kier molecular flexibility index (Phi) is 5.73. The Morgan fingerprint density at radius 3 is 2.00 bits per heavy atom. The van der Waals surface area contributed by atoms with E-state index in [4.69, 9.17) is 0 Å². The Hall–Kier alpha value is -1.16. The summed E-state index contributed by atoms with van der Waals surface area (Å²) in [5.41, 5.74) is 1.36. The van der Waals surface area contributed by atoms with Gasteiger partial charge in [-0.05, 0) is 30.2 Å². The first-order chi connectivity index (χ1) is 8.82. The highest BCUT2D eigenvalue weighted by Gasteiger charge is 2.20. The number of alkyl halides is 1. The third-order valence-electron chi connectivity index (χ3n) is 2.80. The number of hydrogen-bond acceptors (Lipinski definition) is 2. The van der Waals surface area contributed by atoms with Gasteiger partial charge in [0.15, 0.2) is 5.78 Å². The molecule has 0 heterocycles. The van der Waals surface area contributed by atoms with Gasteiger partial charge in [0, 0.05) is 17.2 Å². The molecule has 0 aliphatic heterocycles. The first kappa shape index (κ1) is 15.9. The average molecular weight is 326 g/mol. The van der Waals surface area contributed by atoms with E-state index in [-0.39, 0.29) is 28.4 Å². The fourth-order valence-corrected chi connectivity index (χ4v) is 1.73. The SMILES string of the molecule is CC(C)C(=O)Nc1ccc(C(=O)C(Br)C(C)C)cc1. The van der Waals surface area contributed by atoms with Gasteiger partial charge in [0.05, 0.1) is 4.83 Å². The summed E-state index contributed by atoms with van der Waals surface area (Å²) in [6.07, 6.45) is 0. The fraction of sp³-hybridized carbons (Fsp3) is 0.467. The zero-order valence-corrected chi connectivity index (χ0v) is 13.3. The summed E-state index contributed by atoms with van der Waals surface area (Å²) in [6.45, 7) is 7.67. The van der Waals surface area contributed by atoms with Crippen molar-refractivity contribution in [2.45, 2.75) is 32.5 Å². The molecule has 4 heteroatoms. The lowest BCUT2D eigenvalue weighted by atomic mass is 10.0. The van der Waals surface area contributed by atoms with E-state index in [1.165, 1.54) is 0 Å². The second-order valence-corrected chi connectivity index (χ2v) is 6.22. The molecule has 1 atom stereocenters. The number of carbonyl (C=O) groups excluding carboxylic acids is 2. The van der Waals surface area contributed by atoms with Gasteiger partial charge < -0.3 is 5.32 Å². The van der Waals surface area contributed by atoms with Gasteiger partial charge in [-0.1, -0.05) is 43.6 Å². The van der Waals surface area contributed by atoms with Gasteiger partial charge in [0.1, 0.15) is 0 Å². The number of Topliss-reactive ketones (excluding diaryl/α,β-unsaturated/α-hetero) is 1. The van der Waals surface area contributed by atoms with Crippen LogP contribution in [-0.4, -0.2) is 16.5 Å². The van der Waals surface area contributed by atoms with Gasteiger partial charge in [-0.15, -0.1) is 0 Å². The maximum atomic E-state index is 12.1. The lowest BCUT2D eigenvalue weighted by molar-refractivity contribution is -0.118. The van der Waals surface area contributed by atoms with E-state index in [0.717, 1.165) is 0 Å². The van der Waals surface area contributed by atoms with Gasteiger partial charge >= 0.3 is 0 Å². The molecule has 0 saturated heterocycles. The van der Waals surface area contributed by atoms with Crippen LogP contribution in [0.25, 0.3) is 0 Å². The molecule has 1 N–H and O–H groups in total. The first-order valence-electron chi connectivity index (χ1n) is 6.42. The molecule has 1 unspecified atom stereocenters. The number of amides is 1. The summed E-state index contributed by atoms with van der Waals surface area (Å²) in [7, 11) is 0. The Morgan fingerprint density at radius 1 is 1.05 bits per heavy atom. The summed E-state index contributed by atoms with van der Waals surface area (Å²) in [5, 5.41) is 2.80. The molecule has 0 spiro atoms. The van der Waals surface area contributed by atoms with Crippen LogP contribution in [0.5, 0.6) is 0 Å². The van der Waals surface area contributed by atoms with Crippen molar-refractivity contribution in [1.82, 2.24) is 0 Å². The number of carbonyl (C=O) groups is 2. The second kappa shape index (κ2) is 6.85. The largest absolute Gasteiger partial charge is 0.326 e. The van der Waals surface area contributed by atoms with E-state index in [1.807, 2.05) is 27.7 Å². The van der Waals surface area contributed by atoms with Crippen LogP contribution >= 0.6 is 15.9 Å². The fourth-order valence-electron chi connectivity index (χ4n) is 1.47. The smallest absolute Gasteiger partial charge is 0.226 e. The topological polar surface area (TPSA) is 46.2 Å². The number of benzene rings is 1. The summed E-state index contributed by atoms with van der Waals surface area (Å²) in [4.78, 5) is 23.5. The molecular formula is C15H20BrNO2. The monoisotopic (exact) mass is 325 g/mol. The average Bonchev–Trinajstić information content (AvgIpc) is 2.37. The maximum Gasteiger partial charge on any atom is 0.226 e. The number of nitrogens with one attached hydrogen (secondary N) is 1. The minimum atomic E-state index is -0.177. The van der Waals surface area contributed by atoms with E-state index in [0.29, 0.717) is 11.3 Å². The van der Waals surface area contributed by atoms with Crippen molar-refractivity contribution in [3.05, 3.63) is 29.8 Å². The van der Waals surface area contributed by atoms with Gasteiger partial charge in [-0.25, -0.2) is 0 Å². The molecule has 0 radical (unpaired) electrons. The van der Waals surface area contributed by atoms with E-state index in [1.54, 1.807) is 24.3 Å². The molecule has 0 aliphatic carbocycles. The number of anilines is 1. The predicted molar refractivity (Wildman–Crippen MR) is 81.8 cm³/mol. The number of hydrogen-bond donors (Lipinski definition) is 1. The van der Waals surface area contributed by atoms with Crippen molar-refractivity contribution in [1.29, 1.82) is 0 Å². The summed E-state index contributed by atoms with van der Waals surface area (Å²) in [6, 6.07) is 7.00. The molecular weight excluding hydrogens is 306 g/mol. The van der Waals surface area contributed by atoms with Gasteiger partial charge in [0.2, 0.25) is 5.91 Å². The third-order valence-corrected chi connectivity index (χ3v) is 4.27. The standard InChI is InChI=1S/C15H20BrNO2/c1-9(2)13(16)14(18)11-5-7-12(8-6-11)17-15(19)10(3)4/h5-10,13H,1-4H3,(H,17,19). The van der Waals surface area contributed by atoms with Crippen LogP contribution < -0.4 is 5.32 Å². The number of rotatable bonds is 5. The van der Waals surface area contributed by atoms with Crippen molar-refractivity contribution < 1.29 is 9.59 Å². The first-order valence-corrected chi connectivity index (χ1v) is 7.33. The zero-order chi connectivity index (χ0) is 14.6. The summed E-state index contributed by atoms with van der Waals surface area (Å²) in [5.74, 6) is 0.221. The van der Waals surface area contributed by atoms with Crippen LogP contribution in [0.4, 0.5) is 5.69 Å². The third kappa shape index (κ3) is 4.46. The molecule has 0 bridgehead atoms. The molecule has 0 saturated carbocycles. The Balaban J connectivity index is 2.77. The van der Waals surface area contributed by atoms with Gasteiger partial charge in [-0.2, -0.15) is 0 Å². The van der Waals surface area contributed by atoms with Crippen molar-refractivity contribution >= 4 is 33.3 Å².